The minimum Gasteiger partial charge on any atom is -0.330 e. The van der Waals surface area contributed by atoms with E-state index in [1.165, 1.54) is 12.1 Å². The summed E-state index contributed by atoms with van der Waals surface area (Å²) in [7, 11) is 0. The molecule has 0 aliphatic heterocycles. The zero-order chi connectivity index (χ0) is 15.8. The summed E-state index contributed by atoms with van der Waals surface area (Å²) in [6, 6.07) is 8.55. The maximum Gasteiger partial charge on any atom is 0.224 e. The fraction of sp³-hybridized carbons (Fsp3) is 0.438. The van der Waals surface area contributed by atoms with Crippen LogP contribution in [0.15, 0.2) is 18.2 Å². The molecule has 1 rings (SSSR count). The van der Waals surface area contributed by atoms with E-state index >= 15 is 0 Å². The SMILES string of the molecule is CC(C)CC(CN)CC(=O)Nc1ccc(C#N)c(C#N)c1. The molecule has 3 N–H and O–H groups in total. The van der Waals surface area contributed by atoms with Gasteiger partial charge < -0.3 is 11.1 Å². The van der Waals surface area contributed by atoms with Gasteiger partial charge in [-0.15, -0.1) is 0 Å². The van der Waals surface area contributed by atoms with Gasteiger partial charge in [0.25, 0.3) is 0 Å². The lowest BCUT2D eigenvalue weighted by Crippen LogP contribution is -2.23. The van der Waals surface area contributed by atoms with Crippen LogP contribution in [0.25, 0.3) is 0 Å². The number of carbonyl (C=O) groups is 1. The van der Waals surface area contributed by atoms with E-state index in [1.54, 1.807) is 6.07 Å². The topological polar surface area (TPSA) is 103 Å². The monoisotopic (exact) mass is 284 g/mol. The van der Waals surface area contributed by atoms with Crippen LogP contribution in [0.3, 0.4) is 0 Å². The third kappa shape index (κ3) is 5.25. The summed E-state index contributed by atoms with van der Waals surface area (Å²) in [6.45, 7) is 4.67. The number of benzene rings is 1. The normalized spacial score (nSPS) is 11.5. The van der Waals surface area contributed by atoms with Crippen LogP contribution < -0.4 is 11.1 Å². The van der Waals surface area contributed by atoms with Crippen molar-refractivity contribution in [1.29, 1.82) is 10.5 Å². The molecule has 0 aliphatic rings. The predicted molar refractivity (Wildman–Crippen MR) is 81.1 cm³/mol. The first-order valence-corrected chi connectivity index (χ1v) is 6.94. The summed E-state index contributed by atoms with van der Waals surface area (Å²) in [5.41, 5.74) is 6.77. The van der Waals surface area contributed by atoms with Crippen LogP contribution in [0, 0.1) is 34.5 Å². The summed E-state index contributed by atoms with van der Waals surface area (Å²) in [5, 5.41) is 20.6. The van der Waals surface area contributed by atoms with E-state index in [0.717, 1.165) is 6.42 Å². The highest BCUT2D eigenvalue weighted by Crippen LogP contribution is 2.18. The van der Waals surface area contributed by atoms with Crippen LogP contribution in [0.4, 0.5) is 5.69 Å². The lowest BCUT2D eigenvalue weighted by atomic mass is 9.94. The maximum absolute atomic E-state index is 12.0. The highest BCUT2D eigenvalue weighted by Gasteiger charge is 2.14. The van der Waals surface area contributed by atoms with E-state index in [9.17, 15) is 4.79 Å². The maximum atomic E-state index is 12.0. The molecule has 5 heteroatoms. The van der Waals surface area contributed by atoms with Crippen molar-refractivity contribution in [3.63, 3.8) is 0 Å². The van der Waals surface area contributed by atoms with Gasteiger partial charge >= 0.3 is 0 Å². The van der Waals surface area contributed by atoms with Gasteiger partial charge in [-0.05, 0) is 43.0 Å². The fourth-order valence-electron chi connectivity index (χ4n) is 2.22. The number of anilines is 1. The minimum absolute atomic E-state index is 0.125. The lowest BCUT2D eigenvalue weighted by molar-refractivity contribution is -0.117. The van der Waals surface area contributed by atoms with Crippen LogP contribution in [0.5, 0.6) is 0 Å². The molecular weight excluding hydrogens is 264 g/mol. The molecule has 0 saturated carbocycles. The number of amides is 1. The van der Waals surface area contributed by atoms with Gasteiger partial charge in [0, 0.05) is 12.1 Å². The molecule has 0 radical (unpaired) electrons. The van der Waals surface area contributed by atoms with Gasteiger partial charge in [-0.1, -0.05) is 13.8 Å². The van der Waals surface area contributed by atoms with Crippen molar-refractivity contribution in [1.82, 2.24) is 0 Å². The molecule has 0 bridgehead atoms. The Hall–Kier alpha value is -2.37. The Bertz CT molecular complexity index is 581. The highest BCUT2D eigenvalue weighted by molar-refractivity contribution is 5.91. The van der Waals surface area contributed by atoms with Crippen molar-refractivity contribution in [3.05, 3.63) is 29.3 Å². The van der Waals surface area contributed by atoms with Crippen LogP contribution in [0.1, 0.15) is 37.8 Å². The standard InChI is InChI=1S/C16H20N4O/c1-11(2)5-12(8-17)6-16(21)20-15-4-3-13(9-18)14(7-15)10-19/h3-4,7,11-12H,5-6,8,17H2,1-2H3,(H,20,21). The Balaban J connectivity index is 2.71. The molecule has 110 valence electrons. The molecule has 0 spiro atoms. The van der Waals surface area contributed by atoms with Crippen molar-refractivity contribution >= 4 is 11.6 Å². The smallest absolute Gasteiger partial charge is 0.224 e. The summed E-state index contributed by atoms with van der Waals surface area (Å²) in [5.74, 6) is 0.518. The molecule has 1 aromatic carbocycles. The number of nitriles is 2. The molecule has 0 aromatic heterocycles. The average molecular weight is 284 g/mol. The van der Waals surface area contributed by atoms with Crippen molar-refractivity contribution < 1.29 is 4.79 Å². The van der Waals surface area contributed by atoms with E-state index < -0.39 is 0 Å². The number of hydrogen-bond donors (Lipinski definition) is 2. The molecular formula is C16H20N4O. The number of carbonyl (C=O) groups excluding carboxylic acids is 1. The first-order chi connectivity index (χ1) is 9.99. The van der Waals surface area contributed by atoms with Crippen LogP contribution in [-0.2, 0) is 4.79 Å². The summed E-state index contributed by atoms with van der Waals surface area (Å²) < 4.78 is 0. The van der Waals surface area contributed by atoms with Crippen LogP contribution in [0.2, 0.25) is 0 Å². The summed E-state index contributed by atoms with van der Waals surface area (Å²) in [4.78, 5) is 12.0. The molecule has 0 fully saturated rings. The molecule has 1 atom stereocenters. The van der Waals surface area contributed by atoms with Gasteiger partial charge in [0.15, 0.2) is 0 Å². The first-order valence-electron chi connectivity index (χ1n) is 6.94. The second kappa shape index (κ2) is 8.04. The van der Waals surface area contributed by atoms with Gasteiger partial charge in [-0.3, -0.25) is 4.79 Å². The Morgan fingerprint density at radius 1 is 1.29 bits per heavy atom. The second-order valence-corrected chi connectivity index (χ2v) is 5.47. The van der Waals surface area contributed by atoms with Crippen molar-refractivity contribution in [2.45, 2.75) is 26.7 Å². The zero-order valence-electron chi connectivity index (χ0n) is 12.4. The van der Waals surface area contributed by atoms with Gasteiger partial charge in [0.1, 0.15) is 12.1 Å². The largest absolute Gasteiger partial charge is 0.330 e. The van der Waals surface area contributed by atoms with Crippen molar-refractivity contribution in [2.75, 3.05) is 11.9 Å². The minimum atomic E-state index is -0.125. The van der Waals surface area contributed by atoms with Crippen molar-refractivity contribution in [2.24, 2.45) is 17.6 Å². The highest BCUT2D eigenvalue weighted by atomic mass is 16.1. The van der Waals surface area contributed by atoms with Crippen LogP contribution >= 0.6 is 0 Å². The molecule has 1 amide bonds. The number of rotatable bonds is 6. The van der Waals surface area contributed by atoms with E-state index in [-0.39, 0.29) is 17.4 Å². The molecule has 0 aliphatic carbocycles. The summed E-state index contributed by atoms with van der Waals surface area (Å²) in [6.07, 6.45) is 1.26. The number of hydrogen-bond acceptors (Lipinski definition) is 4. The molecule has 0 heterocycles. The van der Waals surface area contributed by atoms with E-state index in [4.69, 9.17) is 16.3 Å². The van der Waals surface area contributed by atoms with E-state index in [1.807, 2.05) is 12.1 Å². The Morgan fingerprint density at radius 3 is 2.48 bits per heavy atom. The van der Waals surface area contributed by atoms with Gasteiger partial charge in [0.05, 0.1) is 11.1 Å². The zero-order valence-corrected chi connectivity index (χ0v) is 12.4. The van der Waals surface area contributed by atoms with Crippen LogP contribution in [-0.4, -0.2) is 12.5 Å². The first kappa shape index (κ1) is 16.7. The molecule has 5 nitrogen and oxygen atoms in total. The number of nitrogens with one attached hydrogen (secondary N) is 1. The second-order valence-electron chi connectivity index (χ2n) is 5.47. The lowest BCUT2D eigenvalue weighted by Gasteiger charge is -2.16. The molecule has 21 heavy (non-hydrogen) atoms. The van der Waals surface area contributed by atoms with Crippen molar-refractivity contribution in [3.8, 4) is 12.1 Å². The molecule has 1 aromatic rings. The van der Waals surface area contributed by atoms with Gasteiger partial charge in [-0.25, -0.2) is 0 Å². The Kier molecular flexibility index (Phi) is 6.39. The average Bonchev–Trinajstić information content (AvgIpc) is 2.45. The third-order valence-corrected chi connectivity index (χ3v) is 3.16. The van der Waals surface area contributed by atoms with E-state index in [0.29, 0.717) is 30.1 Å². The third-order valence-electron chi connectivity index (χ3n) is 3.16. The Morgan fingerprint density at radius 2 is 1.95 bits per heavy atom. The Labute approximate surface area is 125 Å². The number of nitrogens with two attached hydrogens (primary N) is 1. The van der Waals surface area contributed by atoms with Gasteiger partial charge in [0.2, 0.25) is 5.91 Å². The summed E-state index contributed by atoms with van der Waals surface area (Å²) >= 11 is 0. The molecule has 1 unspecified atom stereocenters. The van der Waals surface area contributed by atoms with Gasteiger partial charge in [-0.2, -0.15) is 10.5 Å². The van der Waals surface area contributed by atoms with E-state index in [2.05, 4.69) is 19.2 Å². The predicted octanol–water partition coefficient (Wildman–Crippen LogP) is 2.38. The quantitative estimate of drug-likeness (QED) is 0.837. The number of nitrogens with zero attached hydrogens (tertiary/aromatic N) is 2. The fourth-order valence-corrected chi connectivity index (χ4v) is 2.22. The molecule has 0 saturated heterocycles.